The fraction of sp³-hybridized carbons (Fsp3) is 0.385. The molecule has 1 aromatic rings. The van der Waals surface area contributed by atoms with Crippen molar-refractivity contribution < 1.29 is 14.3 Å². The summed E-state index contributed by atoms with van der Waals surface area (Å²) < 4.78 is 5.71. The van der Waals surface area contributed by atoms with Crippen molar-refractivity contribution in [3.63, 3.8) is 0 Å². The Hall–Kier alpha value is -0.870. The van der Waals surface area contributed by atoms with E-state index >= 15 is 0 Å². The van der Waals surface area contributed by atoms with Gasteiger partial charge in [-0.2, -0.15) is 0 Å². The molecule has 0 N–H and O–H groups in total. The number of hydrogen-bond donors (Lipinski definition) is 0. The second kappa shape index (κ2) is 7.54. The molecule has 0 unspecified atom stereocenters. The van der Waals surface area contributed by atoms with Crippen LogP contribution in [0.5, 0.6) is 0 Å². The molecule has 3 nitrogen and oxygen atoms in total. The number of Topliss-reactive ketones (excluding diaryl/α,β-unsaturated/α-hetero) is 1. The Morgan fingerprint density at radius 1 is 1.33 bits per heavy atom. The summed E-state index contributed by atoms with van der Waals surface area (Å²) in [6, 6.07) is 5.05. The number of ether oxygens (including phenoxy) is 1. The molecule has 0 radical (unpaired) electrons. The number of esters is 1. The molecule has 0 amide bonds. The molecule has 98 valence electrons. The molecule has 0 aliphatic heterocycles. The van der Waals surface area contributed by atoms with Crippen LogP contribution in [-0.4, -0.2) is 18.4 Å². The maximum atomic E-state index is 11.8. The van der Waals surface area contributed by atoms with Gasteiger partial charge in [-0.25, -0.2) is 0 Å². The van der Waals surface area contributed by atoms with Crippen LogP contribution in [0.1, 0.15) is 36.5 Å². The smallest absolute Gasteiger partial charge is 0.306 e. The van der Waals surface area contributed by atoms with Crippen molar-refractivity contribution >= 4 is 39.3 Å². The van der Waals surface area contributed by atoms with Crippen LogP contribution in [0.15, 0.2) is 22.7 Å². The van der Waals surface area contributed by atoms with E-state index < -0.39 is 0 Å². The van der Waals surface area contributed by atoms with E-state index in [1.165, 1.54) is 0 Å². The predicted molar refractivity (Wildman–Crippen MR) is 74.0 cm³/mol. The topological polar surface area (TPSA) is 43.4 Å². The van der Waals surface area contributed by atoms with E-state index in [1.54, 1.807) is 18.2 Å². The number of benzene rings is 1. The highest BCUT2D eigenvalue weighted by atomic mass is 79.9. The van der Waals surface area contributed by atoms with Gasteiger partial charge in [-0.3, -0.25) is 9.59 Å². The Bertz CT molecular complexity index is 446. The molecular weight excluding hydrogens is 319 g/mol. The summed E-state index contributed by atoms with van der Waals surface area (Å²) in [5, 5.41) is 0.385. The van der Waals surface area contributed by atoms with Gasteiger partial charge in [0.25, 0.3) is 0 Å². The van der Waals surface area contributed by atoms with Crippen LogP contribution in [0.25, 0.3) is 0 Å². The molecule has 0 heterocycles. The lowest BCUT2D eigenvalue weighted by Crippen LogP contribution is -2.09. The predicted octanol–water partition coefficient (Wildman–Crippen LogP) is 4.02. The summed E-state index contributed by atoms with van der Waals surface area (Å²) in [5.41, 5.74) is 0.433. The van der Waals surface area contributed by atoms with E-state index in [0.29, 0.717) is 17.2 Å². The van der Waals surface area contributed by atoms with Gasteiger partial charge in [-0.15, -0.1) is 0 Å². The van der Waals surface area contributed by atoms with Crippen molar-refractivity contribution in [3.8, 4) is 0 Å². The number of rotatable bonds is 6. The highest BCUT2D eigenvalue weighted by molar-refractivity contribution is 9.10. The Morgan fingerprint density at radius 2 is 2.06 bits per heavy atom. The van der Waals surface area contributed by atoms with Gasteiger partial charge in [0.05, 0.1) is 18.1 Å². The lowest BCUT2D eigenvalue weighted by atomic mass is 10.1. The third kappa shape index (κ3) is 4.78. The van der Waals surface area contributed by atoms with E-state index in [9.17, 15) is 9.59 Å². The summed E-state index contributed by atoms with van der Waals surface area (Å²) in [6.45, 7) is 2.31. The summed E-state index contributed by atoms with van der Waals surface area (Å²) in [5.74, 6) is -0.501. The van der Waals surface area contributed by atoms with Crippen molar-refractivity contribution in [3.05, 3.63) is 33.3 Å². The zero-order chi connectivity index (χ0) is 13.5. The van der Waals surface area contributed by atoms with Crippen LogP contribution >= 0.6 is 27.5 Å². The minimum Gasteiger partial charge on any atom is -0.466 e. The Morgan fingerprint density at radius 3 is 2.67 bits per heavy atom. The molecule has 0 fully saturated rings. The van der Waals surface area contributed by atoms with E-state index in [4.69, 9.17) is 16.3 Å². The number of carbonyl (C=O) groups is 2. The van der Waals surface area contributed by atoms with Crippen molar-refractivity contribution in [1.29, 1.82) is 0 Å². The van der Waals surface area contributed by atoms with Gasteiger partial charge in [0.2, 0.25) is 0 Å². The molecule has 0 saturated heterocycles. The lowest BCUT2D eigenvalue weighted by Gasteiger charge is -2.05. The molecule has 18 heavy (non-hydrogen) atoms. The van der Waals surface area contributed by atoms with Crippen molar-refractivity contribution in [1.82, 2.24) is 0 Å². The molecule has 0 aliphatic rings. The average Bonchev–Trinajstić information content (AvgIpc) is 2.33. The number of hydrogen-bond acceptors (Lipinski definition) is 3. The molecule has 0 saturated carbocycles. The first-order valence-electron chi connectivity index (χ1n) is 5.68. The van der Waals surface area contributed by atoms with Gasteiger partial charge in [0, 0.05) is 16.5 Å². The Labute approximate surface area is 120 Å². The third-order valence-corrected chi connectivity index (χ3v) is 3.06. The van der Waals surface area contributed by atoms with Crippen LogP contribution in [0.2, 0.25) is 5.02 Å². The average molecular weight is 334 g/mol. The molecule has 1 rings (SSSR count). The van der Waals surface area contributed by atoms with Crippen LogP contribution in [0.4, 0.5) is 0 Å². The molecule has 1 aromatic carbocycles. The molecule has 0 aromatic heterocycles. The summed E-state index contributed by atoms with van der Waals surface area (Å²) >= 11 is 9.22. The first-order chi connectivity index (χ1) is 8.54. The van der Waals surface area contributed by atoms with Crippen LogP contribution in [-0.2, 0) is 9.53 Å². The summed E-state index contributed by atoms with van der Waals surface area (Å²) in [7, 11) is 0. The second-order valence-corrected chi connectivity index (χ2v) is 5.09. The minimum atomic E-state index is -0.349. The molecule has 0 bridgehead atoms. The van der Waals surface area contributed by atoms with Crippen LogP contribution < -0.4 is 0 Å². The van der Waals surface area contributed by atoms with Crippen molar-refractivity contribution in [2.24, 2.45) is 0 Å². The van der Waals surface area contributed by atoms with E-state index in [-0.39, 0.29) is 24.6 Å². The first-order valence-corrected chi connectivity index (χ1v) is 6.85. The van der Waals surface area contributed by atoms with E-state index in [2.05, 4.69) is 15.9 Å². The number of halogens is 2. The van der Waals surface area contributed by atoms with Gasteiger partial charge in [0.1, 0.15) is 0 Å². The highest BCUT2D eigenvalue weighted by Crippen LogP contribution is 2.22. The molecule has 0 aliphatic carbocycles. The SMILES string of the molecule is CCCOC(=O)CCC(=O)c1ccc(Br)cc1Cl. The Kier molecular flexibility index (Phi) is 6.36. The van der Waals surface area contributed by atoms with Gasteiger partial charge in [-0.05, 0) is 24.6 Å². The van der Waals surface area contributed by atoms with Gasteiger partial charge in [-0.1, -0.05) is 34.5 Å². The van der Waals surface area contributed by atoms with Crippen LogP contribution in [0.3, 0.4) is 0 Å². The van der Waals surface area contributed by atoms with Gasteiger partial charge >= 0.3 is 5.97 Å². The standard InChI is InChI=1S/C13H14BrClO3/c1-2-7-18-13(17)6-5-12(16)10-4-3-9(14)8-11(10)15/h3-4,8H,2,5-7H2,1H3. The largest absolute Gasteiger partial charge is 0.466 e. The van der Waals surface area contributed by atoms with Crippen molar-refractivity contribution in [2.75, 3.05) is 6.61 Å². The maximum absolute atomic E-state index is 11.8. The summed E-state index contributed by atoms with van der Waals surface area (Å²) in [6.07, 6.45) is 0.980. The normalized spacial score (nSPS) is 10.2. The quantitative estimate of drug-likeness (QED) is 0.583. The summed E-state index contributed by atoms with van der Waals surface area (Å²) in [4.78, 5) is 23.1. The molecular formula is C13H14BrClO3. The van der Waals surface area contributed by atoms with Crippen molar-refractivity contribution in [2.45, 2.75) is 26.2 Å². The monoisotopic (exact) mass is 332 g/mol. The fourth-order valence-corrected chi connectivity index (χ4v) is 2.13. The highest BCUT2D eigenvalue weighted by Gasteiger charge is 2.13. The number of carbonyl (C=O) groups excluding carboxylic acids is 2. The second-order valence-electron chi connectivity index (χ2n) is 3.77. The van der Waals surface area contributed by atoms with E-state index in [1.807, 2.05) is 6.92 Å². The molecule has 5 heteroatoms. The Balaban J connectivity index is 2.53. The maximum Gasteiger partial charge on any atom is 0.306 e. The van der Waals surface area contributed by atoms with Gasteiger partial charge < -0.3 is 4.74 Å². The fourth-order valence-electron chi connectivity index (χ4n) is 1.35. The first kappa shape index (κ1) is 15.2. The zero-order valence-electron chi connectivity index (χ0n) is 10.0. The third-order valence-electron chi connectivity index (χ3n) is 2.25. The van der Waals surface area contributed by atoms with E-state index in [0.717, 1.165) is 10.9 Å². The number of ketones is 1. The minimum absolute atomic E-state index is 0.0885. The van der Waals surface area contributed by atoms with Gasteiger partial charge in [0.15, 0.2) is 5.78 Å². The van der Waals surface area contributed by atoms with Crippen LogP contribution in [0, 0.1) is 0 Å². The lowest BCUT2D eigenvalue weighted by molar-refractivity contribution is -0.143. The molecule has 0 atom stereocenters. The molecule has 0 spiro atoms. The zero-order valence-corrected chi connectivity index (χ0v) is 12.4.